The summed E-state index contributed by atoms with van der Waals surface area (Å²) >= 11 is 1.52. The fourth-order valence-corrected chi connectivity index (χ4v) is 3.60. The van der Waals surface area contributed by atoms with Gasteiger partial charge in [-0.25, -0.2) is 0 Å². The first kappa shape index (κ1) is 20.7. The quantitative estimate of drug-likeness (QED) is 0.329. The van der Waals surface area contributed by atoms with Crippen LogP contribution in [-0.2, 0) is 21.7 Å². The molecule has 3 rings (SSSR count). The molecule has 4 heteroatoms. The van der Waals surface area contributed by atoms with Crippen molar-refractivity contribution < 1.29 is 14.3 Å². The van der Waals surface area contributed by atoms with Crippen LogP contribution in [0.3, 0.4) is 0 Å². The van der Waals surface area contributed by atoms with E-state index in [1.807, 2.05) is 36.4 Å². The van der Waals surface area contributed by atoms with Crippen LogP contribution in [0.2, 0.25) is 0 Å². The van der Waals surface area contributed by atoms with Crippen LogP contribution in [0.1, 0.15) is 11.1 Å². The minimum Gasteiger partial charge on any atom is -0.468 e. The molecule has 0 aliphatic rings. The normalized spacial score (nSPS) is 10.8. The molecule has 0 amide bonds. The molecule has 0 aromatic heterocycles. The monoisotopic (exact) mass is 404 g/mol. The summed E-state index contributed by atoms with van der Waals surface area (Å²) in [6.07, 6.45) is 4.55. The second-order valence-corrected chi connectivity index (χ2v) is 7.46. The van der Waals surface area contributed by atoms with Crippen LogP contribution in [0.15, 0.2) is 91.2 Å². The van der Waals surface area contributed by atoms with Gasteiger partial charge in [0.2, 0.25) is 0 Å². The van der Waals surface area contributed by atoms with E-state index in [1.54, 1.807) is 6.26 Å². The van der Waals surface area contributed by atoms with Gasteiger partial charge in [0.15, 0.2) is 0 Å². The lowest BCUT2D eigenvalue weighted by Gasteiger charge is -2.05. The average molecular weight is 405 g/mol. The largest absolute Gasteiger partial charge is 0.468 e. The van der Waals surface area contributed by atoms with Crippen molar-refractivity contribution in [1.29, 1.82) is 0 Å². The molecule has 0 radical (unpaired) electrons. The van der Waals surface area contributed by atoms with Gasteiger partial charge in [-0.3, -0.25) is 4.79 Å². The van der Waals surface area contributed by atoms with E-state index in [2.05, 4.69) is 53.3 Å². The van der Waals surface area contributed by atoms with E-state index in [1.165, 1.54) is 35.6 Å². The fraction of sp³-hybridized carbons (Fsp3) is 0.160. The highest BCUT2D eigenvalue weighted by atomic mass is 32.2. The minimum atomic E-state index is -0.206. The molecule has 29 heavy (non-hydrogen) atoms. The van der Waals surface area contributed by atoms with Crippen LogP contribution in [-0.4, -0.2) is 18.8 Å². The fourth-order valence-electron chi connectivity index (χ4n) is 2.79. The SMILES string of the molecule is COC(=O)CSCc1cccc(OC=CCc2ccc(-c3ccccc3)cc2)c1. The van der Waals surface area contributed by atoms with Gasteiger partial charge in [-0.15, -0.1) is 11.8 Å². The molecule has 0 aliphatic heterocycles. The van der Waals surface area contributed by atoms with Crippen molar-refractivity contribution in [2.24, 2.45) is 0 Å². The van der Waals surface area contributed by atoms with Crippen LogP contribution in [0.4, 0.5) is 0 Å². The first-order valence-corrected chi connectivity index (χ1v) is 10.6. The van der Waals surface area contributed by atoms with E-state index in [9.17, 15) is 4.79 Å². The van der Waals surface area contributed by atoms with Crippen molar-refractivity contribution in [2.75, 3.05) is 12.9 Å². The third-order valence-electron chi connectivity index (χ3n) is 4.33. The highest BCUT2D eigenvalue weighted by Crippen LogP contribution is 2.20. The summed E-state index contributed by atoms with van der Waals surface area (Å²) in [5, 5.41) is 0. The van der Waals surface area contributed by atoms with Crippen LogP contribution < -0.4 is 4.74 Å². The number of hydrogen-bond acceptors (Lipinski definition) is 4. The molecule has 3 aromatic rings. The predicted molar refractivity (Wildman–Crippen MR) is 120 cm³/mol. The molecule has 3 nitrogen and oxygen atoms in total. The third-order valence-corrected chi connectivity index (χ3v) is 5.31. The number of allylic oxidation sites excluding steroid dienone is 1. The Kier molecular flexibility index (Phi) is 7.96. The van der Waals surface area contributed by atoms with Crippen LogP contribution in [0.5, 0.6) is 5.75 Å². The Morgan fingerprint density at radius 1 is 0.897 bits per heavy atom. The Balaban J connectivity index is 1.47. The maximum Gasteiger partial charge on any atom is 0.315 e. The van der Waals surface area contributed by atoms with Gasteiger partial charge in [-0.2, -0.15) is 0 Å². The molecule has 0 heterocycles. The Hall–Kier alpha value is -2.98. The van der Waals surface area contributed by atoms with Crippen molar-refractivity contribution in [3.05, 3.63) is 102 Å². The highest BCUT2D eigenvalue weighted by molar-refractivity contribution is 7.99. The molecule has 148 valence electrons. The maximum absolute atomic E-state index is 11.2. The first-order chi connectivity index (χ1) is 14.2. The lowest BCUT2D eigenvalue weighted by Crippen LogP contribution is -2.03. The van der Waals surface area contributed by atoms with Crippen LogP contribution in [0.25, 0.3) is 11.1 Å². The lowest BCUT2D eigenvalue weighted by atomic mass is 10.0. The van der Waals surface area contributed by atoms with Crippen molar-refractivity contribution >= 4 is 17.7 Å². The summed E-state index contributed by atoms with van der Waals surface area (Å²) in [6, 6.07) is 26.8. The van der Waals surface area contributed by atoms with Gasteiger partial charge in [-0.1, -0.05) is 66.7 Å². The number of carbonyl (C=O) groups is 1. The predicted octanol–water partition coefficient (Wildman–Crippen LogP) is 5.90. The van der Waals surface area contributed by atoms with E-state index in [4.69, 9.17) is 4.74 Å². The van der Waals surface area contributed by atoms with E-state index < -0.39 is 0 Å². The average Bonchev–Trinajstić information content (AvgIpc) is 2.78. The number of thioether (sulfide) groups is 1. The molecule has 0 saturated heterocycles. The van der Waals surface area contributed by atoms with E-state index in [0.29, 0.717) is 5.75 Å². The Labute approximate surface area is 176 Å². The number of rotatable bonds is 9. The third kappa shape index (κ3) is 6.84. The Bertz CT molecular complexity index is 934. The van der Waals surface area contributed by atoms with Crippen molar-refractivity contribution in [2.45, 2.75) is 12.2 Å². The number of ether oxygens (including phenoxy) is 2. The van der Waals surface area contributed by atoms with Gasteiger partial charge in [-0.05, 0) is 46.9 Å². The van der Waals surface area contributed by atoms with Crippen LogP contribution in [0, 0.1) is 0 Å². The Morgan fingerprint density at radius 3 is 2.41 bits per heavy atom. The summed E-state index contributed by atoms with van der Waals surface area (Å²) in [5.41, 5.74) is 4.79. The summed E-state index contributed by atoms with van der Waals surface area (Å²) in [5.74, 6) is 1.67. The van der Waals surface area contributed by atoms with E-state index in [0.717, 1.165) is 23.5 Å². The van der Waals surface area contributed by atoms with Crippen molar-refractivity contribution in [1.82, 2.24) is 0 Å². The van der Waals surface area contributed by atoms with Gasteiger partial charge in [0.05, 0.1) is 19.1 Å². The molecule has 0 atom stereocenters. The molecule has 0 N–H and O–H groups in total. The number of hydrogen-bond donors (Lipinski definition) is 0. The van der Waals surface area contributed by atoms with E-state index in [-0.39, 0.29) is 5.97 Å². The molecule has 0 aliphatic carbocycles. The Morgan fingerprint density at radius 2 is 1.66 bits per heavy atom. The molecular formula is C25H24O3S. The maximum atomic E-state index is 11.2. The van der Waals surface area contributed by atoms with Gasteiger partial charge in [0.1, 0.15) is 5.75 Å². The van der Waals surface area contributed by atoms with Crippen molar-refractivity contribution in [3.63, 3.8) is 0 Å². The summed E-state index contributed by atoms with van der Waals surface area (Å²) in [6.45, 7) is 0. The number of carbonyl (C=O) groups excluding carboxylic acids is 1. The summed E-state index contributed by atoms with van der Waals surface area (Å²) in [7, 11) is 1.40. The first-order valence-electron chi connectivity index (χ1n) is 9.44. The van der Waals surface area contributed by atoms with Gasteiger partial charge in [0, 0.05) is 5.75 Å². The van der Waals surface area contributed by atoms with Crippen molar-refractivity contribution in [3.8, 4) is 16.9 Å². The number of benzene rings is 3. The second-order valence-electron chi connectivity index (χ2n) is 6.47. The zero-order chi connectivity index (χ0) is 20.3. The summed E-state index contributed by atoms with van der Waals surface area (Å²) < 4.78 is 10.4. The lowest BCUT2D eigenvalue weighted by molar-refractivity contribution is -0.137. The van der Waals surface area contributed by atoms with Gasteiger partial charge >= 0.3 is 5.97 Å². The second kappa shape index (κ2) is 11.1. The molecular weight excluding hydrogens is 380 g/mol. The minimum absolute atomic E-state index is 0.206. The zero-order valence-corrected chi connectivity index (χ0v) is 17.2. The van der Waals surface area contributed by atoms with E-state index >= 15 is 0 Å². The molecule has 0 bridgehead atoms. The highest BCUT2D eigenvalue weighted by Gasteiger charge is 2.02. The topological polar surface area (TPSA) is 35.5 Å². The zero-order valence-electron chi connectivity index (χ0n) is 16.4. The molecule has 0 spiro atoms. The molecule has 0 saturated carbocycles. The number of esters is 1. The summed E-state index contributed by atoms with van der Waals surface area (Å²) in [4.78, 5) is 11.2. The smallest absolute Gasteiger partial charge is 0.315 e. The molecule has 0 fully saturated rings. The van der Waals surface area contributed by atoms with Gasteiger partial charge in [0.25, 0.3) is 0 Å². The van der Waals surface area contributed by atoms with Crippen LogP contribution >= 0.6 is 11.8 Å². The standard InChI is InChI=1S/C25H24O3S/c1-27-25(26)19-29-18-21-7-5-11-24(17-21)28-16-6-8-20-12-14-23(15-13-20)22-9-3-2-4-10-22/h2-7,9-17H,8,18-19H2,1H3. The molecule has 0 unspecified atom stereocenters. The van der Waals surface area contributed by atoms with Gasteiger partial charge < -0.3 is 9.47 Å². The molecule has 3 aromatic carbocycles. The number of methoxy groups -OCH3 is 1.